The van der Waals surface area contributed by atoms with Gasteiger partial charge in [0, 0.05) is 37.0 Å². The lowest BCUT2D eigenvalue weighted by molar-refractivity contribution is 0.00277. The number of nitrogens with one attached hydrogen (secondary N) is 1. The molecular formula is C22H29N3O. The van der Waals surface area contributed by atoms with Crippen LogP contribution in [0.25, 0.3) is 22.3 Å². The number of ether oxygens (including phenoxy) is 1. The van der Waals surface area contributed by atoms with Gasteiger partial charge in [-0.25, -0.2) is 0 Å². The Hall–Kier alpha value is -2.20. The zero-order valence-corrected chi connectivity index (χ0v) is 16.3. The summed E-state index contributed by atoms with van der Waals surface area (Å²) >= 11 is 0. The number of aryl methyl sites for hydroxylation is 1. The smallest absolute Gasteiger partial charge is 0.108 e. The zero-order valence-electron chi connectivity index (χ0n) is 16.3. The molecule has 3 heterocycles. The summed E-state index contributed by atoms with van der Waals surface area (Å²) < 4.78 is 6.31. The van der Waals surface area contributed by atoms with Gasteiger partial charge in [0.2, 0.25) is 0 Å². The average Bonchev–Trinajstić information content (AvgIpc) is 3.00. The number of pyridine rings is 2. The molecule has 26 heavy (non-hydrogen) atoms. The molecule has 4 nitrogen and oxygen atoms in total. The van der Waals surface area contributed by atoms with Gasteiger partial charge in [-0.05, 0) is 43.5 Å². The number of nitrogens with zero attached hydrogens (tertiary/aromatic N) is 2. The van der Waals surface area contributed by atoms with Crippen LogP contribution >= 0.6 is 0 Å². The third-order valence-electron chi connectivity index (χ3n) is 5.91. The number of hydrogen-bond donors (Lipinski definition) is 1. The van der Waals surface area contributed by atoms with Gasteiger partial charge in [-0.15, -0.1) is 0 Å². The van der Waals surface area contributed by atoms with E-state index in [0.717, 1.165) is 40.1 Å². The zero-order chi connectivity index (χ0) is 18.5. The molecule has 0 saturated heterocycles. The van der Waals surface area contributed by atoms with Gasteiger partial charge in [0.25, 0.3) is 0 Å². The van der Waals surface area contributed by atoms with Crippen molar-refractivity contribution in [3.63, 3.8) is 0 Å². The second-order valence-corrected chi connectivity index (χ2v) is 7.89. The van der Waals surface area contributed by atoms with Crippen molar-refractivity contribution < 1.29 is 6.16 Å². The van der Waals surface area contributed by atoms with Crippen molar-refractivity contribution in [3.8, 4) is 11.3 Å². The molecule has 0 aliphatic heterocycles. The Morgan fingerprint density at radius 1 is 1.23 bits per heavy atom. The highest BCUT2D eigenvalue weighted by molar-refractivity contribution is 5.90. The fourth-order valence-corrected chi connectivity index (χ4v) is 4.24. The Morgan fingerprint density at radius 3 is 2.77 bits per heavy atom. The van der Waals surface area contributed by atoms with Crippen LogP contribution in [0.3, 0.4) is 0 Å². The van der Waals surface area contributed by atoms with Crippen LogP contribution in [0.5, 0.6) is 0 Å². The van der Waals surface area contributed by atoms with Crippen LogP contribution in [0.15, 0.2) is 30.5 Å². The quantitative estimate of drug-likeness (QED) is 0.647. The topological polar surface area (TPSA) is 50.8 Å². The SMILES string of the molecule is CCO[C@@H]1c2ncccc2-c2[nH]c3ccc(C)nc3c2C1C(C)(C)CC.[HH]. The van der Waals surface area contributed by atoms with Crippen LogP contribution in [-0.4, -0.2) is 21.6 Å². The van der Waals surface area contributed by atoms with Gasteiger partial charge in [-0.1, -0.05) is 27.2 Å². The van der Waals surface area contributed by atoms with Gasteiger partial charge in [0.15, 0.2) is 0 Å². The molecule has 0 spiro atoms. The van der Waals surface area contributed by atoms with Gasteiger partial charge in [-0.3, -0.25) is 9.97 Å². The van der Waals surface area contributed by atoms with E-state index in [4.69, 9.17) is 14.7 Å². The second-order valence-electron chi connectivity index (χ2n) is 7.89. The summed E-state index contributed by atoms with van der Waals surface area (Å²) in [6, 6.07) is 8.35. The van der Waals surface area contributed by atoms with E-state index in [-0.39, 0.29) is 18.9 Å². The Balaban J connectivity index is 0.00000210. The molecule has 1 aliphatic carbocycles. The molecule has 4 rings (SSSR count). The number of aromatic amines is 1. The van der Waals surface area contributed by atoms with Crippen molar-refractivity contribution in [2.45, 2.75) is 53.1 Å². The third-order valence-corrected chi connectivity index (χ3v) is 5.91. The maximum Gasteiger partial charge on any atom is 0.108 e. The minimum atomic E-state index is -0.0556. The van der Waals surface area contributed by atoms with E-state index >= 15 is 0 Å². The van der Waals surface area contributed by atoms with Gasteiger partial charge >= 0.3 is 0 Å². The molecule has 0 amide bonds. The predicted octanol–water partition coefficient (Wildman–Crippen LogP) is 5.79. The first kappa shape index (κ1) is 17.2. The van der Waals surface area contributed by atoms with Crippen molar-refractivity contribution in [1.82, 2.24) is 15.0 Å². The Labute approximate surface area is 156 Å². The molecule has 0 saturated carbocycles. The Bertz CT molecular complexity index is 963. The first-order chi connectivity index (χ1) is 12.5. The van der Waals surface area contributed by atoms with Gasteiger partial charge in [-0.2, -0.15) is 0 Å². The predicted molar refractivity (Wildman–Crippen MR) is 107 cm³/mol. The summed E-state index contributed by atoms with van der Waals surface area (Å²) in [4.78, 5) is 13.3. The molecule has 3 aromatic rings. The first-order valence-corrected chi connectivity index (χ1v) is 9.54. The lowest BCUT2D eigenvalue weighted by Gasteiger charge is -2.42. The van der Waals surface area contributed by atoms with Crippen molar-refractivity contribution in [2.75, 3.05) is 6.61 Å². The summed E-state index contributed by atoms with van der Waals surface area (Å²) in [6.07, 6.45) is 2.87. The van der Waals surface area contributed by atoms with Crippen molar-refractivity contribution in [2.24, 2.45) is 5.41 Å². The molecule has 0 radical (unpaired) electrons. The Kier molecular flexibility index (Phi) is 4.11. The van der Waals surface area contributed by atoms with E-state index in [1.54, 1.807) is 0 Å². The average molecular weight is 351 g/mol. The molecular weight excluding hydrogens is 322 g/mol. The largest absolute Gasteiger partial charge is 0.372 e. The van der Waals surface area contributed by atoms with Crippen LogP contribution in [0.2, 0.25) is 0 Å². The number of rotatable bonds is 4. The van der Waals surface area contributed by atoms with E-state index in [1.807, 2.05) is 12.3 Å². The van der Waals surface area contributed by atoms with Gasteiger partial charge < -0.3 is 9.72 Å². The van der Waals surface area contributed by atoms with E-state index in [2.05, 4.69) is 57.8 Å². The maximum absolute atomic E-state index is 6.31. The summed E-state index contributed by atoms with van der Waals surface area (Å²) in [6.45, 7) is 11.7. The number of aromatic nitrogens is 3. The third kappa shape index (κ3) is 2.47. The Morgan fingerprint density at radius 2 is 2.04 bits per heavy atom. The summed E-state index contributed by atoms with van der Waals surface area (Å²) in [5.41, 5.74) is 7.88. The molecule has 0 fully saturated rings. The lowest BCUT2D eigenvalue weighted by Crippen LogP contribution is -2.32. The molecule has 4 heteroatoms. The van der Waals surface area contributed by atoms with Crippen LogP contribution in [0.4, 0.5) is 0 Å². The normalized spacial score (nSPS) is 19.4. The fourth-order valence-electron chi connectivity index (χ4n) is 4.24. The first-order valence-electron chi connectivity index (χ1n) is 9.54. The highest BCUT2D eigenvalue weighted by Crippen LogP contribution is 2.56. The highest BCUT2D eigenvalue weighted by Gasteiger charge is 2.45. The van der Waals surface area contributed by atoms with E-state index in [9.17, 15) is 0 Å². The molecule has 138 valence electrons. The summed E-state index contributed by atoms with van der Waals surface area (Å²) in [5.74, 6) is 0.202. The van der Waals surface area contributed by atoms with E-state index in [0.29, 0.717) is 6.61 Å². The standard InChI is InChI=1S/C22H27N3O.H2/c1-6-22(4,5)17-16-18(25-15-11-10-13(3)24-20(15)16)14-9-8-12-23-19(14)21(17)26-7-2;/h8-12,17,21,25H,6-7H2,1-5H3;1H/t17?,21-;/m0./s1. The molecule has 1 N–H and O–H groups in total. The molecule has 3 aromatic heterocycles. The monoisotopic (exact) mass is 351 g/mol. The molecule has 1 unspecified atom stereocenters. The molecule has 1 aliphatic rings. The van der Waals surface area contributed by atoms with Crippen molar-refractivity contribution >= 4 is 11.0 Å². The van der Waals surface area contributed by atoms with E-state index < -0.39 is 0 Å². The molecule has 0 aromatic carbocycles. The summed E-state index contributed by atoms with van der Waals surface area (Å²) in [5, 5.41) is 0. The van der Waals surface area contributed by atoms with Gasteiger partial charge in [0.1, 0.15) is 6.10 Å². The minimum Gasteiger partial charge on any atom is -0.372 e. The van der Waals surface area contributed by atoms with E-state index in [1.165, 1.54) is 5.56 Å². The van der Waals surface area contributed by atoms with Crippen LogP contribution in [0.1, 0.15) is 64.5 Å². The number of hydrogen-bond acceptors (Lipinski definition) is 3. The summed E-state index contributed by atoms with van der Waals surface area (Å²) in [7, 11) is 0. The second kappa shape index (κ2) is 6.20. The highest BCUT2D eigenvalue weighted by atomic mass is 16.5. The van der Waals surface area contributed by atoms with Crippen LogP contribution in [-0.2, 0) is 4.74 Å². The molecule has 0 bridgehead atoms. The van der Waals surface area contributed by atoms with Crippen molar-refractivity contribution in [3.05, 3.63) is 47.4 Å². The van der Waals surface area contributed by atoms with Crippen LogP contribution < -0.4 is 0 Å². The molecule has 2 atom stereocenters. The maximum atomic E-state index is 6.31. The van der Waals surface area contributed by atoms with Gasteiger partial charge in [0.05, 0.1) is 22.4 Å². The van der Waals surface area contributed by atoms with Crippen LogP contribution in [0, 0.1) is 12.3 Å². The minimum absolute atomic E-state index is 0. The lowest BCUT2D eigenvalue weighted by atomic mass is 9.66. The van der Waals surface area contributed by atoms with Crippen molar-refractivity contribution in [1.29, 1.82) is 0 Å². The fraction of sp³-hybridized carbons (Fsp3) is 0.455. The number of fused-ring (bicyclic) bond motifs is 5. The number of H-pyrrole nitrogens is 1.